The second-order valence-corrected chi connectivity index (χ2v) is 4.56. The number of nitrogen functional groups attached to an aromatic ring is 1. The summed E-state index contributed by atoms with van der Waals surface area (Å²) in [7, 11) is 0. The molecule has 0 amide bonds. The molecule has 5 heteroatoms. The molecule has 78 valence electrons. The fraction of sp³-hybridized carbons (Fsp3) is 0.300. The van der Waals surface area contributed by atoms with Crippen LogP contribution in [0.15, 0.2) is 18.2 Å². The van der Waals surface area contributed by atoms with Crippen LogP contribution in [0.5, 0.6) is 0 Å². The number of nitrogens with two attached hydrogens (primary N) is 1. The summed E-state index contributed by atoms with van der Waals surface area (Å²) in [6.45, 7) is 4.19. The summed E-state index contributed by atoms with van der Waals surface area (Å²) in [5, 5.41) is 10.1. The first-order valence-corrected chi connectivity index (χ1v) is 5.55. The van der Waals surface area contributed by atoms with Gasteiger partial charge in [0.2, 0.25) is 0 Å². The maximum Gasteiger partial charge on any atom is 0.166 e. The molecule has 0 unspecified atom stereocenters. The molecule has 2 heterocycles. The molecule has 0 saturated carbocycles. The molecular formula is C10H12N4S. The lowest BCUT2D eigenvalue weighted by Crippen LogP contribution is -1.90. The molecule has 0 aromatic carbocycles. The molecule has 0 aliphatic heterocycles. The first-order chi connectivity index (χ1) is 7.16. The third-order valence-corrected chi connectivity index (χ3v) is 3.17. The van der Waals surface area contributed by atoms with Gasteiger partial charge >= 0.3 is 0 Å². The van der Waals surface area contributed by atoms with Crippen molar-refractivity contribution in [1.82, 2.24) is 15.2 Å². The molecule has 2 N–H and O–H groups in total. The summed E-state index contributed by atoms with van der Waals surface area (Å²) in [6, 6.07) is 5.52. The van der Waals surface area contributed by atoms with E-state index in [2.05, 4.69) is 29.0 Å². The monoisotopic (exact) mass is 220 g/mol. The van der Waals surface area contributed by atoms with Crippen LogP contribution >= 0.6 is 11.3 Å². The number of aromatic nitrogens is 3. The quantitative estimate of drug-likeness (QED) is 0.843. The molecule has 0 aliphatic carbocycles. The highest BCUT2D eigenvalue weighted by molar-refractivity contribution is 7.14. The first kappa shape index (κ1) is 10.0. The Morgan fingerprint density at radius 2 is 2.07 bits per heavy atom. The maximum atomic E-state index is 5.61. The van der Waals surface area contributed by atoms with Crippen molar-refractivity contribution >= 4 is 17.2 Å². The van der Waals surface area contributed by atoms with E-state index in [0.717, 1.165) is 15.7 Å². The van der Waals surface area contributed by atoms with E-state index in [-0.39, 0.29) is 0 Å². The molecular weight excluding hydrogens is 208 g/mol. The van der Waals surface area contributed by atoms with Gasteiger partial charge in [0.15, 0.2) is 5.01 Å². The average Bonchev–Trinajstić information content (AvgIpc) is 2.66. The molecule has 0 spiro atoms. The Balaban J connectivity index is 2.37. The van der Waals surface area contributed by atoms with Gasteiger partial charge in [-0.05, 0) is 12.1 Å². The molecule has 15 heavy (non-hydrogen) atoms. The van der Waals surface area contributed by atoms with Crippen molar-refractivity contribution in [3.05, 3.63) is 23.2 Å². The van der Waals surface area contributed by atoms with E-state index in [0.29, 0.717) is 11.7 Å². The number of hydrogen-bond donors (Lipinski definition) is 1. The Morgan fingerprint density at radius 3 is 2.67 bits per heavy atom. The van der Waals surface area contributed by atoms with Gasteiger partial charge in [-0.15, -0.1) is 10.2 Å². The highest BCUT2D eigenvalue weighted by Crippen LogP contribution is 2.26. The molecule has 2 rings (SSSR count). The Morgan fingerprint density at radius 1 is 1.27 bits per heavy atom. The molecule has 2 aromatic heterocycles. The van der Waals surface area contributed by atoms with E-state index in [1.807, 2.05) is 12.1 Å². The summed E-state index contributed by atoms with van der Waals surface area (Å²) in [5.74, 6) is 0.908. The van der Waals surface area contributed by atoms with Crippen molar-refractivity contribution < 1.29 is 0 Å². The molecule has 0 saturated heterocycles. The number of pyridine rings is 1. The van der Waals surface area contributed by atoms with E-state index < -0.39 is 0 Å². The van der Waals surface area contributed by atoms with E-state index in [1.54, 1.807) is 17.4 Å². The predicted molar refractivity (Wildman–Crippen MR) is 61.6 cm³/mol. The zero-order valence-electron chi connectivity index (χ0n) is 8.64. The zero-order valence-corrected chi connectivity index (χ0v) is 9.45. The van der Waals surface area contributed by atoms with Crippen LogP contribution in [0.4, 0.5) is 5.82 Å². The van der Waals surface area contributed by atoms with Gasteiger partial charge < -0.3 is 5.73 Å². The predicted octanol–water partition coefficient (Wildman–Crippen LogP) is 2.31. The summed E-state index contributed by atoms with van der Waals surface area (Å²) < 4.78 is 0. The third kappa shape index (κ3) is 2.12. The highest BCUT2D eigenvalue weighted by atomic mass is 32.1. The largest absolute Gasteiger partial charge is 0.384 e. The molecule has 0 atom stereocenters. The second-order valence-electron chi connectivity index (χ2n) is 3.55. The third-order valence-electron chi connectivity index (χ3n) is 1.92. The normalized spacial score (nSPS) is 10.9. The van der Waals surface area contributed by atoms with Crippen LogP contribution in [-0.2, 0) is 0 Å². The average molecular weight is 220 g/mol. The van der Waals surface area contributed by atoms with Crippen LogP contribution in [-0.4, -0.2) is 15.2 Å². The first-order valence-electron chi connectivity index (χ1n) is 4.73. The van der Waals surface area contributed by atoms with Crippen LogP contribution < -0.4 is 5.73 Å². The second kappa shape index (κ2) is 3.94. The van der Waals surface area contributed by atoms with Gasteiger partial charge in [-0.1, -0.05) is 31.3 Å². The zero-order chi connectivity index (χ0) is 10.8. The standard InChI is InChI=1S/C10H12N4S/c1-6(2)9-13-14-10(15-9)7-4-3-5-8(11)12-7/h3-6H,1-2H3,(H2,11,12). The fourth-order valence-corrected chi connectivity index (χ4v) is 1.96. The minimum Gasteiger partial charge on any atom is -0.384 e. The minimum absolute atomic E-state index is 0.400. The Labute approximate surface area is 92.2 Å². The molecule has 2 aromatic rings. The van der Waals surface area contributed by atoms with Crippen molar-refractivity contribution in [2.45, 2.75) is 19.8 Å². The SMILES string of the molecule is CC(C)c1nnc(-c2cccc(N)n2)s1. The Bertz CT molecular complexity index is 464. The van der Waals surface area contributed by atoms with Crippen LogP contribution in [0.1, 0.15) is 24.8 Å². The molecule has 0 fully saturated rings. The Hall–Kier alpha value is -1.49. The van der Waals surface area contributed by atoms with Crippen molar-refractivity contribution in [3.63, 3.8) is 0 Å². The molecule has 4 nitrogen and oxygen atoms in total. The van der Waals surface area contributed by atoms with Crippen molar-refractivity contribution in [1.29, 1.82) is 0 Å². The van der Waals surface area contributed by atoms with Crippen molar-refractivity contribution in [2.75, 3.05) is 5.73 Å². The number of anilines is 1. The smallest absolute Gasteiger partial charge is 0.166 e. The van der Waals surface area contributed by atoms with Crippen LogP contribution in [0.2, 0.25) is 0 Å². The van der Waals surface area contributed by atoms with Crippen molar-refractivity contribution in [3.8, 4) is 10.7 Å². The topological polar surface area (TPSA) is 64.7 Å². The number of rotatable bonds is 2. The van der Waals surface area contributed by atoms with Gasteiger partial charge in [-0.25, -0.2) is 4.98 Å². The summed E-state index contributed by atoms with van der Waals surface area (Å²) in [4.78, 5) is 4.20. The van der Waals surface area contributed by atoms with E-state index in [4.69, 9.17) is 5.73 Å². The number of nitrogens with zero attached hydrogens (tertiary/aromatic N) is 3. The summed E-state index contributed by atoms with van der Waals surface area (Å²) in [5.41, 5.74) is 6.40. The van der Waals surface area contributed by atoms with Crippen LogP contribution in [0.3, 0.4) is 0 Å². The van der Waals surface area contributed by atoms with Gasteiger partial charge in [-0.2, -0.15) is 0 Å². The van der Waals surface area contributed by atoms with Crippen LogP contribution in [0.25, 0.3) is 10.7 Å². The molecule has 0 aliphatic rings. The fourth-order valence-electron chi connectivity index (χ4n) is 1.14. The summed E-state index contributed by atoms with van der Waals surface area (Å²) in [6.07, 6.45) is 0. The van der Waals surface area contributed by atoms with Gasteiger partial charge in [0, 0.05) is 5.92 Å². The van der Waals surface area contributed by atoms with E-state index in [9.17, 15) is 0 Å². The van der Waals surface area contributed by atoms with Gasteiger partial charge in [-0.3, -0.25) is 0 Å². The van der Waals surface area contributed by atoms with Crippen LogP contribution in [0, 0.1) is 0 Å². The maximum absolute atomic E-state index is 5.61. The Kier molecular flexibility index (Phi) is 2.64. The van der Waals surface area contributed by atoms with Gasteiger partial charge in [0.05, 0.1) is 0 Å². The minimum atomic E-state index is 0.400. The highest BCUT2D eigenvalue weighted by Gasteiger charge is 2.10. The number of hydrogen-bond acceptors (Lipinski definition) is 5. The lowest BCUT2D eigenvalue weighted by atomic mass is 10.2. The van der Waals surface area contributed by atoms with Gasteiger partial charge in [0.1, 0.15) is 16.5 Å². The van der Waals surface area contributed by atoms with E-state index in [1.165, 1.54) is 0 Å². The lowest BCUT2D eigenvalue weighted by molar-refractivity contribution is 0.825. The van der Waals surface area contributed by atoms with E-state index >= 15 is 0 Å². The lowest BCUT2D eigenvalue weighted by Gasteiger charge is -1.96. The molecule has 0 bridgehead atoms. The van der Waals surface area contributed by atoms with Crippen molar-refractivity contribution in [2.24, 2.45) is 0 Å². The summed E-state index contributed by atoms with van der Waals surface area (Å²) >= 11 is 1.56. The molecule has 0 radical (unpaired) electrons. The van der Waals surface area contributed by atoms with Gasteiger partial charge in [0.25, 0.3) is 0 Å².